The number of nitrogens with zero attached hydrogens (tertiary/aromatic N) is 2. The zero-order valence-corrected chi connectivity index (χ0v) is 9.50. The van der Waals surface area contributed by atoms with E-state index in [2.05, 4.69) is 22.6 Å². The SMILES string of the molecule is CN1N[C@@H](C(O)O)N=C1CC1CC=CCC1. The van der Waals surface area contributed by atoms with E-state index >= 15 is 0 Å². The molecule has 1 aliphatic heterocycles. The molecule has 3 N–H and O–H groups in total. The fourth-order valence-corrected chi connectivity index (χ4v) is 2.17. The Morgan fingerprint density at radius 1 is 1.56 bits per heavy atom. The predicted molar refractivity (Wildman–Crippen MR) is 61.4 cm³/mol. The van der Waals surface area contributed by atoms with Crippen LogP contribution in [0.25, 0.3) is 0 Å². The van der Waals surface area contributed by atoms with E-state index in [-0.39, 0.29) is 0 Å². The summed E-state index contributed by atoms with van der Waals surface area (Å²) in [5.41, 5.74) is 2.90. The molecule has 0 aromatic heterocycles. The third-order valence-electron chi connectivity index (χ3n) is 3.13. The second kappa shape index (κ2) is 4.95. The standard InChI is InChI=1S/C11H19N3O2/c1-14-9(12-10(13-14)11(15)16)7-8-5-3-2-4-6-8/h2-3,8,10-11,13,15-16H,4-7H2,1H3/t8?,10-/m0/s1. The predicted octanol–water partition coefficient (Wildman–Crippen LogP) is 0.218. The molecule has 0 bridgehead atoms. The van der Waals surface area contributed by atoms with Gasteiger partial charge >= 0.3 is 0 Å². The molecule has 5 nitrogen and oxygen atoms in total. The Morgan fingerprint density at radius 2 is 2.38 bits per heavy atom. The monoisotopic (exact) mass is 225 g/mol. The lowest BCUT2D eigenvalue weighted by atomic mass is 9.91. The number of hydrogen-bond donors (Lipinski definition) is 3. The average molecular weight is 225 g/mol. The number of aliphatic hydroxyl groups excluding tert-OH is 1. The summed E-state index contributed by atoms with van der Waals surface area (Å²) in [6.45, 7) is 0. The van der Waals surface area contributed by atoms with Gasteiger partial charge in [0.2, 0.25) is 0 Å². The second-order valence-corrected chi connectivity index (χ2v) is 4.45. The van der Waals surface area contributed by atoms with Crippen LogP contribution in [0.15, 0.2) is 17.1 Å². The highest BCUT2D eigenvalue weighted by Gasteiger charge is 2.27. The first-order valence-corrected chi connectivity index (χ1v) is 5.74. The number of amidine groups is 1. The highest BCUT2D eigenvalue weighted by molar-refractivity contribution is 5.83. The van der Waals surface area contributed by atoms with Crippen molar-refractivity contribution < 1.29 is 10.2 Å². The summed E-state index contributed by atoms with van der Waals surface area (Å²) in [7, 11) is 1.86. The van der Waals surface area contributed by atoms with Crippen molar-refractivity contribution in [1.29, 1.82) is 0 Å². The highest BCUT2D eigenvalue weighted by atomic mass is 16.5. The lowest BCUT2D eigenvalue weighted by Crippen LogP contribution is -2.42. The number of aliphatic imine (C=N–C) groups is 1. The summed E-state index contributed by atoms with van der Waals surface area (Å²) in [5.74, 6) is 1.54. The van der Waals surface area contributed by atoms with E-state index in [9.17, 15) is 0 Å². The van der Waals surface area contributed by atoms with Crippen LogP contribution in [-0.2, 0) is 0 Å². The summed E-state index contributed by atoms with van der Waals surface area (Å²) < 4.78 is 0. The fraction of sp³-hybridized carbons (Fsp3) is 0.727. The quantitative estimate of drug-likeness (QED) is 0.475. The van der Waals surface area contributed by atoms with Gasteiger partial charge < -0.3 is 10.2 Å². The van der Waals surface area contributed by atoms with E-state index < -0.39 is 12.5 Å². The Bertz CT molecular complexity index is 302. The molecule has 0 radical (unpaired) electrons. The number of hydrogen-bond acceptors (Lipinski definition) is 5. The molecule has 0 aromatic carbocycles. The van der Waals surface area contributed by atoms with Crippen molar-refractivity contribution in [2.75, 3.05) is 7.05 Å². The summed E-state index contributed by atoms with van der Waals surface area (Å²) in [6.07, 6.45) is 6.71. The van der Waals surface area contributed by atoms with Crippen molar-refractivity contribution in [1.82, 2.24) is 10.4 Å². The summed E-state index contributed by atoms with van der Waals surface area (Å²) in [5, 5.41) is 19.9. The van der Waals surface area contributed by atoms with Crippen LogP contribution >= 0.6 is 0 Å². The Labute approximate surface area is 95.5 Å². The van der Waals surface area contributed by atoms with Crippen LogP contribution in [0.2, 0.25) is 0 Å². The first kappa shape index (κ1) is 11.6. The van der Waals surface area contributed by atoms with Gasteiger partial charge in [0, 0.05) is 13.5 Å². The minimum Gasteiger partial charge on any atom is -0.365 e. The zero-order valence-electron chi connectivity index (χ0n) is 9.50. The zero-order chi connectivity index (χ0) is 11.5. The van der Waals surface area contributed by atoms with E-state index in [1.807, 2.05) is 7.05 Å². The van der Waals surface area contributed by atoms with Gasteiger partial charge in [-0.25, -0.2) is 10.4 Å². The van der Waals surface area contributed by atoms with E-state index in [1.54, 1.807) is 5.01 Å². The van der Waals surface area contributed by atoms with Crippen LogP contribution in [0.3, 0.4) is 0 Å². The van der Waals surface area contributed by atoms with Crippen LogP contribution in [0.4, 0.5) is 0 Å². The molecule has 0 amide bonds. The van der Waals surface area contributed by atoms with E-state index in [4.69, 9.17) is 10.2 Å². The first-order chi connectivity index (χ1) is 7.66. The first-order valence-electron chi connectivity index (χ1n) is 5.74. The molecule has 5 heteroatoms. The van der Waals surface area contributed by atoms with Crippen molar-refractivity contribution in [2.24, 2.45) is 10.9 Å². The minimum absolute atomic E-state index is 0.612. The third-order valence-corrected chi connectivity index (χ3v) is 3.13. The largest absolute Gasteiger partial charge is 0.365 e. The molecule has 0 saturated heterocycles. The maximum Gasteiger partial charge on any atom is 0.189 e. The Kier molecular flexibility index (Phi) is 3.58. The van der Waals surface area contributed by atoms with Crippen molar-refractivity contribution in [3.63, 3.8) is 0 Å². The van der Waals surface area contributed by atoms with Gasteiger partial charge in [0.25, 0.3) is 0 Å². The Hall–Kier alpha value is -0.910. The van der Waals surface area contributed by atoms with Gasteiger partial charge in [-0.2, -0.15) is 0 Å². The maximum atomic E-state index is 9.04. The molecule has 0 aromatic rings. The summed E-state index contributed by atoms with van der Waals surface area (Å²) >= 11 is 0. The molecular weight excluding hydrogens is 206 g/mol. The smallest absolute Gasteiger partial charge is 0.189 e. The summed E-state index contributed by atoms with van der Waals surface area (Å²) in [6, 6.07) is 0. The molecule has 2 atom stereocenters. The van der Waals surface area contributed by atoms with Gasteiger partial charge in [-0.15, -0.1) is 0 Å². The minimum atomic E-state index is -1.44. The lowest BCUT2D eigenvalue weighted by Gasteiger charge is -2.21. The van der Waals surface area contributed by atoms with Gasteiger partial charge in [-0.1, -0.05) is 12.2 Å². The van der Waals surface area contributed by atoms with Gasteiger partial charge in [0.05, 0.1) is 0 Å². The van der Waals surface area contributed by atoms with E-state index in [0.717, 1.165) is 25.1 Å². The van der Waals surface area contributed by atoms with Crippen molar-refractivity contribution in [2.45, 2.75) is 38.1 Å². The maximum absolute atomic E-state index is 9.04. The molecule has 90 valence electrons. The number of hydrazine groups is 1. The van der Waals surface area contributed by atoms with E-state index in [0.29, 0.717) is 5.92 Å². The van der Waals surface area contributed by atoms with Gasteiger partial charge in [0.15, 0.2) is 12.5 Å². The molecule has 1 aliphatic carbocycles. The topological polar surface area (TPSA) is 68.1 Å². The number of allylic oxidation sites excluding steroid dienone is 2. The Morgan fingerprint density at radius 3 is 2.94 bits per heavy atom. The molecule has 0 saturated carbocycles. The van der Waals surface area contributed by atoms with Crippen LogP contribution in [0.1, 0.15) is 25.7 Å². The molecule has 0 fully saturated rings. The van der Waals surface area contributed by atoms with Crippen molar-refractivity contribution >= 4 is 5.84 Å². The Balaban J connectivity index is 1.93. The average Bonchev–Trinajstić information content (AvgIpc) is 2.62. The third kappa shape index (κ3) is 2.61. The summed E-state index contributed by atoms with van der Waals surface area (Å²) in [4.78, 5) is 4.27. The number of aliphatic hydroxyl groups is 2. The second-order valence-electron chi connectivity index (χ2n) is 4.45. The molecule has 2 aliphatic rings. The highest BCUT2D eigenvalue weighted by Crippen LogP contribution is 2.23. The van der Waals surface area contributed by atoms with E-state index in [1.165, 1.54) is 6.42 Å². The van der Waals surface area contributed by atoms with Gasteiger partial charge in [-0.05, 0) is 25.2 Å². The molecule has 16 heavy (non-hydrogen) atoms. The van der Waals surface area contributed by atoms with Crippen LogP contribution < -0.4 is 5.43 Å². The lowest BCUT2D eigenvalue weighted by molar-refractivity contribution is -0.0692. The molecular formula is C11H19N3O2. The normalized spacial score (nSPS) is 30.0. The van der Waals surface area contributed by atoms with Crippen LogP contribution in [0.5, 0.6) is 0 Å². The van der Waals surface area contributed by atoms with Crippen LogP contribution in [0, 0.1) is 5.92 Å². The fourth-order valence-electron chi connectivity index (χ4n) is 2.17. The molecule has 0 spiro atoms. The van der Waals surface area contributed by atoms with Crippen LogP contribution in [-0.4, -0.2) is 40.6 Å². The number of nitrogens with one attached hydrogen (secondary N) is 1. The van der Waals surface area contributed by atoms with Gasteiger partial charge in [0.1, 0.15) is 5.84 Å². The van der Waals surface area contributed by atoms with Crippen molar-refractivity contribution in [3.8, 4) is 0 Å². The van der Waals surface area contributed by atoms with Gasteiger partial charge in [-0.3, -0.25) is 5.01 Å². The molecule has 1 heterocycles. The number of rotatable bonds is 3. The van der Waals surface area contributed by atoms with Crippen molar-refractivity contribution in [3.05, 3.63) is 12.2 Å². The molecule has 1 unspecified atom stereocenters. The molecule has 2 rings (SSSR count).